The molecule has 1 aliphatic carbocycles. The van der Waals surface area contributed by atoms with Crippen LogP contribution in [0.15, 0.2) is 30.3 Å². The average Bonchev–Trinajstić information content (AvgIpc) is 3.59. The summed E-state index contributed by atoms with van der Waals surface area (Å²) in [6.45, 7) is 13.1. The van der Waals surface area contributed by atoms with Gasteiger partial charge >= 0.3 is 0 Å². The van der Waals surface area contributed by atoms with E-state index in [1.165, 1.54) is 6.42 Å². The number of fused-ring (bicyclic) bond motifs is 1. The van der Waals surface area contributed by atoms with Crippen LogP contribution < -0.4 is 22.5 Å². The van der Waals surface area contributed by atoms with Crippen LogP contribution in [0, 0.1) is 29.6 Å². The Kier molecular flexibility index (Phi) is 15.9. The number of nitrogens with zero attached hydrogens (tertiary/aromatic N) is 1. The third-order valence-electron chi connectivity index (χ3n) is 12.0. The number of aromatic amines is 1. The van der Waals surface area contributed by atoms with Crippen molar-refractivity contribution in [3.63, 3.8) is 0 Å². The fourth-order valence-corrected chi connectivity index (χ4v) is 7.85. The molecule has 3 aromatic rings. The monoisotopic (exact) mass is 775 g/mol. The van der Waals surface area contributed by atoms with Crippen LogP contribution in [0.3, 0.4) is 0 Å². The summed E-state index contributed by atoms with van der Waals surface area (Å²) in [6, 6.07) is 5.88. The zero-order chi connectivity index (χ0) is 41.4. The number of imidazole rings is 1. The van der Waals surface area contributed by atoms with Crippen LogP contribution in [-0.2, 0) is 11.3 Å². The fraction of sp³-hybridized carbons (Fsp3) is 0.614. The summed E-state index contributed by atoms with van der Waals surface area (Å²) in [4.78, 5) is 65.1. The van der Waals surface area contributed by atoms with E-state index in [0.717, 1.165) is 37.7 Å². The van der Waals surface area contributed by atoms with Gasteiger partial charge in [-0.25, -0.2) is 4.98 Å². The molecule has 2 aromatic carbocycles. The molecule has 1 saturated carbocycles. The molecular weight excluding hydrogens is 709 g/mol. The molecule has 1 aliphatic rings. The molecular formula is C44H66N6O6. The molecule has 1 fully saturated rings. The van der Waals surface area contributed by atoms with Crippen LogP contribution in [0.25, 0.3) is 11.0 Å². The minimum absolute atomic E-state index is 0.00773. The van der Waals surface area contributed by atoms with Gasteiger partial charge in [0, 0.05) is 29.5 Å². The number of aliphatic hydroxyl groups is 1. The molecule has 12 nitrogen and oxygen atoms in total. The van der Waals surface area contributed by atoms with Crippen molar-refractivity contribution < 1.29 is 29.4 Å². The first-order valence-corrected chi connectivity index (χ1v) is 20.6. The number of carbonyl (C=O) groups excluding carboxylic acids is 4. The van der Waals surface area contributed by atoms with Crippen LogP contribution in [0.5, 0.6) is 5.75 Å². The molecule has 1 heterocycles. The first-order chi connectivity index (χ1) is 26.4. The molecule has 56 heavy (non-hydrogen) atoms. The zero-order valence-corrected chi connectivity index (χ0v) is 34.4. The van der Waals surface area contributed by atoms with Crippen molar-refractivity contribution in [2.24, 2.45) is 46.8 Å². The van der Waals surface area contributed by atoms with Gasteiger partial charge < -0.3 is 37.7 Å². The highest BCUT2D eigenvalue weighted by atomic mass is 16.3. The van der Waals surface area contributed by atoms with Crippen molar-refractivity contribution in [3.8, 4) is 5.75 Å². The number of aromatic hydroxyl groups is 1. The van der Waals surface area contributed by atoms with Gasteiger partial charge in [0.05, 0.1) is 35.8 Å². The number of aliphatic hydroxyl groups excluding tert-OH is 1. The fourth-order valence-electron chi connectivity index (χ4n) is 7.85. The first kappa shape index (κ1) is 44.7. The molecule has 308 valence electrons. The molecule has 0 radical (unpaired) electrons. The molecule has 1 amide bonds. The highest BCUT2D eigenvalue weighted by molar-refractivity contribution is 6.22. The number of amides is 1. The molecule has 0 spiro atoms. The number of nitrogens with two attached hydrogens (primary N) is 3. The Balaban J connectivity index is 1.86. The zero-order valence-electron chi connectivity index (χ0n) is 34.4. The van der Waals surface area contributed by atoms with E-state index in [9.17, 15) is 24.6 Å². The third-order valence-corrected chi connectivity index (χ3v) is 12.0. The Hall–Kier alpha value is -3.97. The van der Waals surface area contributed by atoms with Crippen molar-refractivity contribution in [3.05, 3.63) is 58.4 Å². The average molecular weight is 775 g/mol. The number of phenolic OH excluding ortho intramolecular Hbond substituents is 1. The Morgan fingerprint density at radius 1 is 0.893 bits per heavy atom. The highest BCUT2D eigenvalue weighted by Crippen LogP contribution is 2.35. The second-order valence-corrected chi connectivity index (χ2v) is 17.1. The highest BCUT2D eigenvalue weighted by Gasteiger charge is 2.37. The number of aromatic nitrogens is 2. The topological polar surface area (TPSA) is 228 Å². The summed E-state index contributed by atoms with van der Waals surface area (Å²) < 4.78 is 0. The smallest absolute Gasteiger partial charge is 0.237 e. The lowest BCUT2D eigenvalue weighted by atomic mass is 9.76. The molecule has 0 aliphatic heterocycles. The van der Waals surface area contributed by atoms with E-state index in [0.29, 0.717) is 23.7 Å². The van der Waals surface area contributed by atoms with Crippen LogP contribution in [-0.4, -0.2) is 67.7 Å². The lowest BCUT2D eigenvalue weighted by Gasteiger charge is -2.30. The molecule has 0 saturated heterocycles. The summed E-state index contributed by atoms with van der Waals surface area (Å²) in [5.74, 6) is -2.62. The number of H-pyrrole nitrogens is 1. The molecule has 7 atom stereocenters. The van der Waals surface area contributed by atoms with Gasteiger partial charge in [0.15, 0.2) is 17.3 Å². The predicted molar refractivity (Wildman–Crippen MR) is 220 cm³/mol. The second-order valence-electron chi connectivity index (χ2n) is 17.1. The summed E-state index contributed by atoms with van der Waals surface area (Å²) in [5, 5.41) is 24.2. The molecule has 0 bridgehead atoms. The van der Waals surface area contributed by atoms with Crippen molar-refractivity contribution in [2.45, 2.75) is 143 Å². The Bertz CT molecular complexity index is 1810. The maximum absolute atomic E-state index is 15.2. The van der Waals surface area contributed by atoms with Crippen LogP contribution in [0.4, 0.5) is 0 Å². The standard InChI is InChI=1S/C44H66N6O6/c1-8-25(6)40(47)44(56)48-22-36-49-33-20-31(34(52)18-26(7)28-14-16-29(51)17-15-28)37(38(41(33)50-36)43(55)39(46)24(4)5)42(54)30(23(2)3)21-35(53)32(45)19-27-12-10-9-11-13-27/h14-17,20,23-27,30,32,35,39-40,51,53H,8-13,18-19,21-22,45-47H2,1-7H3,(H,48,56)(H,49,50)/t25-,26?,30?,32-,35-,39-,40-/m0/s1. The summed E-state index contributed by atoms with van der Waals surface area (Å²) in [7, 11) is 0. The van der Waals surface area contributed by atoms with E-state index in [2.05, 4.69) is 10.3 Å². The summed E-state index contributed by atoms with van der Waals surface area (Å²) >= 11 is 0. The van der Waals surface area contributed by atoms with E-state index in [1.54, 1.807) is 30.3 Å². The van der Waals surface area contributed by atoms with Gasteiger partial charge in [-0.3, -0.25) is 19.2 Å². The van der Waals surface area contributed by atoms with E-state index in [-0.39, 0.29) is 82.7 Å². The molecule has 2 unspecified atom stereocenters. The van der Waals surface area contributed by atoms with Gasteiger partial charge in [0.1, 0.15) is 17.1 Å². The lowest BCUT2D eigenvalue weighted by Crippen LogP contribution is -2.44. The van der Waals surface area contributed by atoms with E-state index in [4.69, 9.17) is 22.2 Å². The number of nitrogens with one attached hydrogen (secondary N) is 2. The van der Waals surface area contributed by atoms with E-state index >= 15 is 4.79 Å². The minimum Gasteiger partial charge on any atom is -0.508 e. The Morgan fingerprint density at radius 3 is 2.12 bits per heavy atom. The van der Waals surface area contributed by atoms with Gasteiger partial charge in [-0.05, 0) is 66.2 Å². The quantitative estimate of drug-likeness (QED) is 0.0634. The van der Waals surface area contributed by atoms with Gasteiger partial charge in [-0.15, -0.1) is 0 Å². The van der Waals surface area contributed by atoms with Crippen molar-refractivity contribution in [2.75, 3.05) is 0 Å². The van der Waals surface area contributed by atoms with Crippen molar-refractivity contribution >= 4 is 34.3 Å². The predicted octanol–water partition coefficient (Wildman–Crippen LogP) is 6.30. The lowest BCUT2D eigenvalue weighted by molar-refractivity contribution is -0.123. The number of hydrogen-bond acceptors (Lipinski definition) is 10. The van der Waals surface area contributed by atoms with Crippen LogP contribution in [0.2, 0.25) is 0 Å². The summed E-state index contributed by atoms with van der Waals surface area (Å²) in [6.07, 6.45) is 6.09. The number of ketones is 3. The second kappa shape index (κ2) is 19.9. The van der Waals surface area contributed by atoms with Gasteiger partial charge in [-0.1, -0.05) is 99.1 Å². The SMILES string of the molecule is CC[C@H](C)[C@H](N)C(=O)NCc1nc2c(C(=O)[C@@H](N)C(C)C)c(C(=O)C(C[C@H](O)[C@@H](N)CC3CCCCC3)C(C)C)c(C(=O)CC(C)c3ccc(O)cc3)cc2[nH]1. The van der Waals surface area contributed by atoms with Crippen molar-refractivity contribution in [1.82, 2.24) is 15.3 Å². The number of rotatable bonds is 20. The normalized spacial score (nSPS) is 17.7. The van der Waals surface area contributed by atoms with Crippen LogP contribution in [0.1, 0.15) is 155 Å². The minimum atomic E-state index is -1.02. The van der Waals surface area contributed by atoms with Crippen molar-refractivity contribution in [1.29, 1.82) is 0 Å². The largest absolute Gasteiger partial charge is 0.508 e. The molecule has 10 N–H and O–H groups in total. The number of phenols is 1. The third kappa shape index (κ3) is 10.9. The number of carbonyl (C=O) groups is 4. The molecule has 4 rings (SSSR count). The molecule has 12 heteroatoms. The van der Waals surface area contributed by atoms with Crippen LogP contribution >= 0.6 is 0 Å². The first-order valence-electron chi connectivity index (χ1n) is 20.6. The Morgan fingerprint density at radius 2 is 1.54 bits per heavy atom. The summed E-state index contributed by atoms with van der Waals surface area (Å²) in [5.41, 5.74) is 20.6. The van der Waals surface area contributed by atoms with E-state index < -0.39 is 41.7 Å². The number of hydrogen-bond donors (Lipinski definition) is 7. The number of Topliss-reactive ketones (excluding diaryl/α,β-unsaturated/α-hetero) is 3. The van der Waals surface area contributed by atoms with Gasteiger partial charge in [0.25, 0.3) is 0 Å². The molecule has 1 aromatic heterocycles. The maximum Gasteiger partial charge on any atom is 0.237 e. The van der Waals surface area contributed by atoms with E-state index in [1.807, 2.05) is 48.5 Å². The Labute approximate surface area is 332 Å². The van der Waals surface area contributed by atoms with Gasteiger partial charge in [-0.2, -0.15) is 0 Å². The maximum atomic E-state index is 15.2. The van der Waals surface area contributed by atoms with Gasteiger partial charge in [0.2, 0.25) is 5.91 Å². The number of benzene rings is 2.